The number of aromatic nitrogens is 4. The minimum absolute atomic E-state index is 0.191. The normalized spacial score (nSPS) is 11.1. The van der Waals surface area contributed by atoms with Gasteiger partial charge in [0.25, 0.3) is 11.1 Å². The van der Waals surface area contributed by atoms with Crippen molar-refractivity contribution in [3.8, 4) is 17.2 Å². The van der Waals surface area contributed by atoms with Gasteiger partial charge in [0.05, 0.1) is 16.3 Å². The second-order valence-corrected chi connectivity index (χ2v) is 8.26. The van der Waals surface area contributed by atoms with Gasteiger partial charge in [0.15, 0.2) is 6.61 Å². The van der Waals surface area contributed by atoms with Crippen molar-refractivity contribution in [3.05, 3.63) is 69.4 Å². The molecule has 0 atom stereocenters. The molecule has 0 unspecified atom stereocenters. The fraction of sp³-hybridized carbons (Fsp3) is 0.200. The molecule has 0 aliphatic carbocycles. The van der Waals surface area contributed by atoms with Crippen molar-refractivity contribution < 1.29 is 13.6 Å². The van der Waals surface area contributed by atoms with Crippen molar-refractivity contribution in [2.45, 2.75) is 31.4 Å². The van der Waals surface area contributed by atoms with Crippen LogP contribution in [0.5, 0.6) is 5.75 Å². The Morgan fingerprint density at radius 3 is 2.43 bits per heavy atom. The molecule has 0 spiro atoms. The summed E-state index contributed by atoms with van der Waals surface area (Å²) in [6.07, 6.45) is 0. The number of nitrogens with zero attached hydrogens (tertiary/aromatic N) is 4. The summed E-state index contributed by atoms with van der Waals surface area (Å²) >= 11 is 13.4. The van der Waals surface area contributed by atoms with Crippen LogP contribution < -0.4 is 4.74 Å². The van der Waals surface area contributed by atoms with E-state index in [0.29, 0.717) is 44.3 Å². The summed E-state index contributed by atoms with van der Waals surface area (Å²) < 4.78 is 17.0. The van der Waals surface area contributed by atoms with Crippen molar-refractivity contribution >= 4 is 35.0 Å². The summed E-state index contributed by atoms with van der Waals surface area (Å²) in [5.74, 6) is 2.25. The Morgan fingerprint density at radius 1 is 0.900 bits per heavy atom. The van der Waals surface area contributed by atoms with E-state index in [9.17, 15) is 0 Å². The van der Waals surface area contributed by atoms with Crippen molar-refractivity contribution in [1.82, 2.24) is 20.4 Å². The molecule has 0 amide bonds. The fourth-order valence-electron chi connectivity index (χ4n) is 2.72. The standard InChI is InChI=1S/C20H16Cl2N4O3S/c1-11-5-12(2)7-14(6-11)27-9-17-23-26-20(29-17)30-10-18-24-25-19(28-18)15-4-3-13(21)8-16(15)22/h3-8H,9-10H2,1-2H3. The minimum atomic E-state index is 0.191. The van der Waals surface area contributed by atoms with Crippen molar-refractivity contribution in [3.63, 3.8) is 0 Å². The number of halogens is 2. The van der Waals surface area contributed by atoms with Crippen LogP contribution in [0.1, 0.15) is 22.9 Å². The molecule has 0 radical (unpaired) electrons. The molecule has 0 N–H and O–H groups in total. The van der Waals surface area contributed by atoms with Crippen molar-refractivity contribution in [2.75, 3.05) is 0 Å². The molecule has 2 aromatic heterocycles. The second-order valence-electron chi connectivity index (χ2n) is 6.49. The van der Waals surface area contributed by atoms with Gasteiger partial charge >= 0.3 is 0 Å². The Kier molecular flexibility index (Phi) is 6.26. The number of ether oxygens (including phenoxy) is 1. The molecular weight excluding hydrogens is 447 g/mol. The monoisotopic (exact) mass is 462 g/mol. The Morgan fingerprint density at radius 2 is 1.67 bits per heavy atom. The van der Waals surface area contributed by atoms with Gasteiger partial charge in [-0.05, 0) is 55.3 Å². The number of thioether (sulfide) groups is 1. The van der Waals surface area contributed by atoms with E-state index in [-0.39, 0.29) is 6.61 Å². The first-order chi connectivity index (χ1) is 14.5. The molecule has 10 heteroatoms. The third-order valence-electron chi connectivity index (χ3n) is 3.95. The Hall–Kier alpha value is -2.55. The highest BCUT2D eigenvalue weighted by Crippen LogP contribution is 2.30. The zero-order valence-corrected chi connectivity index (χ0v) is 18.4. The van der Waals surface area contributed by atoms with Gasteiger partial charge in [0, 0.05) is 5.02 Å². The van der Waals surface area contributed by atoms with Crippen molar-refractivity contribution in [1.29, 1.82) is 0 Å². The molecule has 7 nitrogen and oxygen atoms in total. The molecule has 0 aliphatic heterocycles. The van der Waals surface area contributed by atoms with E-state index < -0.39 is 0 Å². The lowest BCUT2D eigenvalue weighted by Crippen LogP contribution is -1.96. The first-order valence-corrected chi connectivity index (χ1v) is 10.6. The third-order valence-corrected chi connectivity index (χ3v) is 5.30. The van der Waals surface area contributed by atoms with E-state index in [1.54, 1.807) is 18.2 Å². The predicted octanol–water partition coefficient (Wildman–Crippen LogP) is 5.91. The smallest absolute Gasteiger partial charge is 0.277 e. The molecule has 2 aromatic carbocycles. The molecule has 2 heterocycles. The Balaban J connectivity index is 1.34. The number of hydrogen-bond donors (Lipinski definition) is 0. The Bertz CT molecular complexity index is 1160. The van der Waals surface area contributed by atoms with Gasteiger partial charge in [-0.25, -0.2) is 0 Å². The summed E-state index contributed by atoms with van der Waals surface area (Å²) in [7, 11) is 0. The minimum Gasteiger partial charge on any atom is -0.484 e. The van der Waals surface area contributed by atoms with E-state index in [1.165, 1.54) is 11.8 Å². The Labute approximate surface area is 186 Å². The van der Waals surface area contributed by atoms with Gasteiger partial charge < -0.3 is 13.6 Å². The van der Waals surface area contributed by atoms with E-state index in [1.807, 2.05) is 26.0 Å². The molecule has 0 bridgehead atoms. The molecule has 30 heavy (non-hydrogen) atoms. The molecular formula is C20H16Cl2N4O3S. The molecule has 0 fully saturated rings. The van der Waals surface area contributed by atoms with Gasteiger partial charge in [0.1, 0.15) is 5.75 Å². The molecule has 0 saturated carbocycles. The van der Waals surface area contributed by atoms with Crippen LogP contribution in [0, 0.1) is 13.8 Å². The maximum absolute atomic E-state index is 6.18. The maximum atomic E-state index is 6.18. The van der Waals surface area contributed by atoms with Gasteiger partial charge in [-0.1, -0.05) is 41.0 Å². The molecule has 0 saturated heterocycles. The zero-order chi connectivity index (χ0) is 21.1. The highest BCUT2D eigenvalue weighted by Gasteiger charge is 2.14. The van der Waals surface area contributed by atoms with E-state index in [0.717, 1.165) is 16.9 Å². The van der Waals surface area contributed by atoms with E-state index >= 15 is 0 Å². The molecule has 0 aliphatic rings. The van der Waals surface area contributed by atoms with Crippen LogP contribution >= 0.6 is 35.0 Å². The van der Waals surface area contributed by atoms with Crippen LogP contribution in [0.25, 0.3) is 11.5 Å². The zero-order valence-electron chi connectivity index (χ0n) is 16.1. The SMILES string of the molecule is Cc1cc(C)cc(OCc2nnc(SCc3nnc(-c4ccc(Cl)cc4Cl)o3)o2)c1. The average Bonchev–Trinajstić information content (AvgIpc) is 3.33. The highest BCUT2D eigenvalue weighted by molar-refractivity contribution is 7.98. The van der Waals surface area contributed by atoms with Crippen LogP contribution in [0.4, 0.5) is 0 Å². The highest BCUT2D eigenvalue weighted by atomic mass is 35.5. The number of benzene rings is 2. The fourth-order valence-corrected chi connectivity index (χ4v) is 3.83. The summed E-state index contributed by atoms with van der Waals surface area (Å²) in [6.45, 7) is 4.23. The van der Waals surface area contributed by atoms with Crippen molar-refractivity contribution in [2.24, 2.45) is 0 Å². The van der Waals surface area contributed by atoms with E-state index in [2.05, 4.69) is 26.5 Å². The molecule has 4 aromatic rings. The van der Waals surface area contributed by atoms with Gasteiger partial charge in [-0.15, -0.1) is 20.4 Å². The van der Waals surface area contributed by atoms with E-state index in [4.69, 9.17) is 36.8 Å². The number of rotatable bonds is 7. The summed E-state index contributed by atoms with van der Waals surface area (Å²) in [5, 5.41) is 17.4. The van der Waals surface area contributed by atoms with Crippen LogP contribution in [0.2, 0.25) is 10.0 Å². The van der Waals surface area contributed by atoms with Crippen LogP contribution in [-0.2, 0) is 12.4 Å². The quantitative estimate of drug-likeness (QED) is 0.313. The summed E-state index contributed by atoms with van der Waals surface area (Å²) in [6, 6.07) is 11.1. The van der Waals surface area contributed by atoms with Gasteiger partial charge in [0.2, 0.25) is 11.8 Å². The largest absolute Gasteiger partial charge is 0.484 e. The first-order valence-electron chi connectivity index (χ1n) is 8.90. The predicted molar refractivity (Wildman–Crippen MR) is 114 cm³/mol. The lowest BCUT2D eigenvalue weighted by Gasteiger charge is -2.05. The third kappa shape index (κ3) is 5.13. The van der Waals surface area contributed by atoms with Gasteiger partial charge in [-0.2, -0.15) is 0 Å². The number of aryl methyl sites for hydroxylation is 2. The lowest BCUT2D eigenvalue weighted by atomic mass is 10.1. The molecule has 154 valence electrons. The maximum Gasteiger partial charge on any atom is 0.277 e. The van der Waals surface area contributed by atoms with Gasteiger partial charge in [-0.3, -0.25) is 0 Å². The number of hydrogen-bond acceptors (Lipinski definition) is 8. The average molecular weight is 463 g/mol. The van der Waals surface area contributed by atoms with Crippen LogP contribution in [0.3, 0.4) is 0 Å². The topological polar surface area (TPSA) is 87.1 Å². The lowest BCUT2D eigenvalue weighted by molar-refractivity contribution is 0.252. The summed E-state index contributed by atoms with van der Waals surface area (Å²) in [5.41, 5.74) is 2.88. The summed E-state index contributed by atoms with van der Waals surface area (Å²) in [4.78, 5) is 0. The first kappa shape index (κ1) is 20.7. The molecule has 4 rings (SSSR count). The van der Waals surface area contributed by atoms with Crippen LogP contribution in [-0.4, -0.2) is 20.4 Å². The second kappa shape index (κ2) is 9.07. The van der Waals surface area contributed by atoms with Crippen LogP contribution in [0.15, 0.2) is 50.5 Å².